The van der Waals surface area contributed by atoms with Crippen LogP contribution >= 0.6 is 11.3 Å². The van der Waals surface area contributed by atoms with E-state index >= 15 is 0 Å². The number of benzene rings is 1. The maximum absolute atomic E-state index is 4.52. The quantitative estimate of drug-likeness (QED) is 0.643. The number of hydrogen-bond donors (Lipinski definition) is 0. The number of aryl methyl sites for hydroxylation is 2. The van der Waals surface area contributed by atoms with Crippen molar-refractivity contribution in [2.45, 2.75) is 13.8 Å². The highest BCUT2D eigenvalue weighted by molar-refractivity contribution is 7.18. The molecule has 0 aliphatic heterocycles. The second-order valence-corrected chi connectivity index (χ2v) is 5.32. The number of nitrogens with zero attached hydrogens (tertiary/aromatic N) is 2. The van der Waals surface area contributed by atoms with Crippen LogP contribution in [0, 0.1) is 13.8 Å². The molecule has 0 atom stereocenters. The number of thiazole rings is 1. The van der Waals surface area contributed by atoms with Crippen molar-refractivity contribution in [2.75, 3.05) is 0 Å². The Morgan fingerprint density at radius 3 is 2.82 bits per heavy atom. The summed E-state index contributed by atoms with van der Waals surface area (Å²) in [6.45, 7) is 4.12. The summed E-state index contributed by atoms with van der Waals surface area (Å²) in [7, 11) is 0. The first-order valence-corrected chi connectivity index (χ1v) is 6.35. The van der Waals surface area contributed by atoms with Crippen LogP contribution in [0.2, 0.25) is 0 Å². The second-order valence-electron chi connectivity index (χ2n) is 4.08. The van der Waals surface area contributed by atoms with Gasteiger partial charge in [-0.2, -0.15) is 0 Å². The van der Waals surface area contributed by atoms with Crippen LogP contribution in [0.1, 0.15) is 10.6 Å². The van der Waals surface area contributed by atoms with E-state index in [0.29, 0.717) is 0 Å². The molecule has 0 amide bonds. The molecule has 3 rings (SSSR count). The van der Waals surface area contributed by atoms with Gasteiger partial charge in [0, 0.05) is 11.8 Å². The van der Waals surface area contributed by atoms with Gasteiger partial charge < -0.3 is 0 Å². The molecule has 2 heterocycles. The summed E-state index contributed by atoms with van der Waals surface area (Å²) in [6.07, 6.45) is 1.83. The molecule has 0 unspecified atom stereocenters. The van der Waals surface area contributed by atoms with E-state index in [9.17, 15) is 0 Å². The molecule has 0 spiro atoms. The molecule has 0 fully saturated rings. The SMILES string of the molecule is Cc1nc2cc(-c3ncccc3C)ccc2s1. The summed E-state index contributed by atoms with van der Waals surface area (Å²) in [4.78, 5) is 8.96. The maximum Gasteiger partial charge on any atom is 0.0907 e. The first-order valence-electron chi connectivity index (χ1n) is 5.53. The molecule has 84 valence electrons. The average Bonchev–Trinajstić information content (AvgIpc) is 2.68. The zero-order valence-corrected chi connectivity index (χ0v) is 10.6. The van der Waals surface area contributed by atoms with Crippen LogP contribution in [-0.2, 0) is 0 Å². The molecule has 0 saturated heterocycles. The van der Waals surface area contributed by atoms with Crippen LogP contribution in [0.15, 0.2) is 36.5 Å². The van der Waals surface area contributed by atoms with Gasteiger partial charge in [-0.15, -0.1) is 11.3 Å². The first-order chi connectivity index (χ1) is 8.24. The summed E-state index contributed by atoms with van der Waals surface area (Å²) in [6, 6.07) is 10.4. The van der Waals surface area contributed by atoms with Crippen LogP contribution in [0.5, 0.6) is 0 Å². The van der Waals surface area contributed by atoms with Gasteiger partial charge in [-0.1, -0.05) is 12.1 Å². The topological polar surface area (TPSA) is 25.8 Å². The van der Waals surface area contributed by atoms with Crippen molar-refractivity contribution in [3.63, 3.8) is 0 Å². The predicted octanol–water partition coefficient (Wildman–Crippen LogP) is 3.98. The van der Waals surface area contributed by atoms with Crippen molar-refractivity contribution in [2.24, 2.45) is 0 Å². The Labute approximate surface area is 104 Å². The van der Waals surface area contributed by atoms with E-state index in [1.165, 1.54) is 10.3 Å². The largest absolute Gasteiger partial charge is 0.256 e. The third kappa shape index (κ3) is 1.83. The Morgan fingerprint density at radius 1 is 1.12 bits per heavy atom. The average molecular weight is 240 g/mol. The van der Waals surface area contributed by atoms with Crippen LogP contribution in [0.4, 0.5) is 0 Å². The lowest BCUT2D eigenvalue weighted by Crippen LogP contribution is -1.86. The number of aromatic nitrogens is 2. The molecular weight excluding hydrogens is 228 g/mol. The molecule has 0 aliphatic carbocycles. The predicted molar refractivity (Wildman–Crippen MR) is 72.3 cm³/mol. The van der Waals surface area contributed by atoms with Crippen molar-refractivity contribution in [3.8, 4) is 11.3 Å². The third-order valence-electron chi connectivity index (χ3n) is 2.78. The molecule has 0 saturated carbocycles. The molecule has 0 bridgehead atoms. The minimum absolute atomic E-state index is 1.04. The van der Waals surface area contributed by atoms with E-state index < -0.39 is 0 Å². The Morgan fingerprint density at radius 2 is 2.00 bits per heavy atom. The number of fused-ring (bicyclic) bond motifs is 1. The van der Waals surface area contributed by atoms with Crippen molar-refractivity contribution < 1.29 is 0 Å². The fraction of sp³-hybridized carbons (Fsp3) is 0.143. The van der Waals surface area contributed by atoms with E-state index in [4.69, 9.17) is 0 Å². The van der Waals surface area contributed by atoms with Crippen LogP contribution in [-0.4, -0.2) is 9.97 Å². The zero-order chi connectivity index (χ0) is 11.8. The highest BCUT2D eigenvalue weighted by Gasteiger charge is 2.06. The van der Waals surface area contributed by atoms with E-state index in [1.807, 2.05) is 19.2 Å². The van der Waals surface area contributed by atoms with Crippen molar-refractivity contribution >= 4 is 21.6 Å². The molecule has 3 aromatic rings. The van der Waals surface area contributed by atoms with Gasteiger partial charge >= 0.3 is 0 Å². The normalized spacial score (nSPS) is 10.9. The van der Waals surface area contributed by atoms with Gasteiger partial charge in [-0.05, 0) is 37.6 Å². The monoisotopic (exact) mass is 240 g/mol. The van der Waals surface area contributed by atoms with Crippen LogP contribution < -0.4 is 0 Å². The molecule has 1 aromatic carbocycles. The van der Waals surface area contributed by atoms with Gasteiger partial charge in [0.15, 0.2) is 0 Å². The first kappa shape index (κ1) is 10.4. The van der Waals surface area contributed by atoms with E-state index in [0.717, 1.165) is 21.8 Å². The maximum atomic E-state index is 4.52. The summed E-state index contributed by atoms with van der Waals surface area (Å²) in [5.41, 5.74) is 4.44. The van der Waals surface area contributed by atoms with Gasteiger partial charge in [0.25, 0.3) is 0 Å². The number of pyridine rings is 1. The van der Waals surface area contributed by atoms with Crippen molar-refractivity contribution in [3.05, 3.63) is 47.1 Å². The zero-order valence-electron chi connectivity index (χ0n) is 9.77. The fourth-order valence-corrected chi connectivity index (χ4v) is 2.79. The molecule has 2 nitrogen and oxygen atoms in total. The fourth-order valence-electron chi connectivity index (χ4n) is 1.98. The summed E-state index contributed by atoms with van der Waals surface area (Å²) >= 11 is 1.73. The van der Waals surface area contributed by atoms with Crippen LogP contribution in [0.3, 0.4) is 0 Å². The third-order valence-corrected chi connectivity index (χ3v) is 3.73. The lowest BCUT2D eigenvalue weighted by molar-refractivity contribution is 1.27. The molecule has 3 heteroatoms. The highest BCUT2D eigenvalue weighted by atomic mass is 32.1. The molecular formula is C14H12N2S. The van der Waals surface area contributed by atoms with Gasteiger partial charge in [0.1, 0.15) is 0 Å². The molecule has 0 radical (unpaired) electrons. The molecule has 2 aromatic heterocycles. The smallest absolute Gasteiger partial charge is 0.0907 e. The lowest BCUT2D eigenvalue weighted by atomic mass is 10.1. The summed E-state index contributed by atoms with van der Waals surface area (Å²) in [5, 5.41) is 1.11. The van der Waals surface area contributed by atoms with Gasteiger partial charge in [0.2, 0.25) is 0 Å². The van der Waals surface area contributed by atoms with E-state index in [2.05, 4.69) is 41.2 Å². The van der Waals surface area contributed by atoms with Crippen molar-refractivity contribution in [1.29, 1.82) is 0 Å². The number of hydrogen-bond acceptors (Lipinski definition) is 3. The molecule has 0 aliphatic rings. The molecule has 17 heavy (non-hydrogen) atoms. The Kier molecular flexibility index (Phi) is 2.41. The minimum atomic E-state index is 1.04. The Hall–Kier alpha value is -1.74. The highest BCUT2D eigenvalue weighted by Crippen LogP contribution is 2.27. The standard InChI is InChI=1S/C14H12N2S/c1-9-4-3-7-15-14(9)11-5-6-13-12(8-11)16-10(2)17-13/h3-8H,1-2H3. The number of rotatable bonds is 1. The Balaban J connectivity index is 2.21. The summed E-state index contributed by atoms with van der Waals surface area (Å²) in [5.74, 6) is 0. The Bertz CT molecular complexity index is 686. The van der Waals surface area contributed by atoms with Gasteiger partial charge in [-0.25, -0.2) is 4.98 Å². The van der Waals surface area contributed by atoms with Gasteiger partial charge in [0.05, 0.1) is 20.9 Å². The van der Waals surface area contributed by atoms with Gasteiger partial charge in [-0.3, -0.25) is 4.98 Å². The van der Waals surface area contributed by atoms with E-state index in [1.54, 1.807) is 11.3 Å². The lowest BCUT2D eigenvalue weighted by Gasteiger charge is -2.03. The molecule has 0 N–H and O–H groups in total. The van der Waals surface area contributed by atoms with Crippen LogP contribution in [0.25, 0.3) is 21.5 Å². The summed E-state index contributed by atoms with van der Waals surface area (Å²) < 4.78 is 1.24. The van der Waals surface area contributed by atoms with Crippen molar-refractivity contribution in [1.82, 2.24) is 9.97 Å². The minimum Gasteiger partial charge on any atom is -0.256 e. The second kappa shape index (κ2) is 3.93. The van der Waals surface area contributed by atoms with E-state index in [-0.39, 0.29) is 0 Å².